The van der Waals surface area contributed by atoms with E-state index in [0.29, 0.717) is 11.4 Å². The number of carbonyl (C=O) groups excluding carboxylic acids is 2. The Morgan fingerprint density at radius 3 is 2.61 bits per heavy atom. The molecule has 0 atom stereocenters. The van der Waals surface area contributed by atoms with Gasteiger partial charge in [-0.3, -0.25) is 19.9 Å². The summed E-state index contributed by atoms with van der Waals surface area (Å²) in [6.45, 7) is 4.77. The number of hydrazine groups is 1. The molecular formula is C11H18N4O2S. The molecule has 6 nitrogen and oxygen atoms in total. The Bertz CT molecular complexity index is 430. The van der Waals surface area contributed by atoms with Crippen molar-refractivity contribution < 1.29 is 9.59 Å². The van der Waals surface area contributed by atoms with E-state index >= 15 is 0 Å². The van der Waals surface area contributed by atoms with Gasteiger partial charge in [-0.15, -0.1) is 11.3 Å². The largest absolute Gasteiger partial charge is 0.369 e. The Morgan fingerprint density at radius 2 is 2.11 bits per heavy atom. The Balaban J connectivity index is 2.72. The first-order chi connectivity index (χ1) is 8.43. The van der Waals surface area contributed by atoms with Crippen LogP contribution in [0.25, 0.3) is 0 Å². The van der Waals surface area contributed by atoms with Gasteiger partial charge in [0, 0.05) is 17.5 Å². The molecule has 0 radical (unpaired) electrons. The van der Waals surface area contributed by atoms with Gasteiger partial charge in [0.05, 0.1) is 11.4 Å². The second-order valence-electron chi connectivity index (χ2n) is 4.20. The van der Waals surface area contributed by atoms with Crippen LogP contribution in [-0.4, -0.2) is 29.3 Å². The highest BCUT2D eigenvalue weighted by atomic mass is 32.1. The molecule has 0 aromatic carbocycles. The first-order valence-electron chi connectivity index (χ1n) is 5.56. The van der Waals surface area contributed by atoms with Crippen LogP contribution in [0, 0.1) is 0 Å². The summed E-state index contributed by atoms with van der Waals surface area (Å²) in [6.07, 6.45) is 0. The van der Waals surface area contributed by atoms with Crippen LogP contribution in [0.2, 0.25) is 0 Å². The predicted octanol–water partition coefficient (Wildman–Crippen LogP) is 0.0473. The molecule has 0 spiro atoms. The summed E-state index contributed by atoms with van der Waals surface area (Å²) in [5, 5.41) is 0. The maximum absolute atomic E-state index is 11.3. The van der Waals surface area contributed by atoms with Gasteiger partial charge in [0.2, 0.25) is 5.91 Å². The molecule has 1 heterocycles. The molecule has 0 saturated heterocycles. The number of nitrogen functional groups attached to an aromatic ring is 1. The summed E-state index contributed by atoms with van der Waals surface area (Å²) in [5.74, 6) is 4.40. The van der Waals surface area contributed by atoms with Crippen molar-refractivity contribution in [1.82, 2.24) is 10.3 Å². The molecule has 0 aliphatic rings. The molecule has 5 N–H and O–H groups in total. The fourth-order valence-corrected chi connectivity index (χ4v) is 2.41. The summed E-state index contributed by atoms with van der Waals surface area (Å²) in [6, 6.07) is 3.77. The normalized spacial score (nSPS) is 10.9. The van der Waals surface area contributed by atoms with Crippen molar-refractivity contribution in [3.63, 3.8) is 0 Å². The standard InChI is InChI=1S/C11H18N4O2S/c1-7(2)15(6-10(12)16)5-8-3-4-9(18-8)11(17)14-13/h3-4,7H,5-6,13H2,1-2H3,(H2,12,16)(H,14,17). The zero-order chi connectivity index (χ0) is 13.7. The fraction of sp³-hybridized carbons (Fsp3) is 0.455. The van der Waals surface area contributed by atoms with E-state index in [1.807, 2.05) is 24.8 Å². The van der Waals surface area contributed by atoms with Crippen LogP contribution in [0.15, 0.2) is 12.1 Å². The number of nitrogens with zero attached hydrogens (tertiary/aromatic N) is 1. The smallest absolute Gasteiger partial charge is 0.275 e. The molecule has 0 unspecified atom stereocenters. The lowest BCUT2D eigenvalue weighted by Crippen LogP contribution is -2.37. The monoisotopic (exact) mass is 270 g/mol. The van der Waals surface area contributed by atoms with Crippen molar-refractivity contribution in [3.8, 4) is 0 Å². The Hall–Kier alpha value is -1.44. The molecule has 18 heavy (non-hydrogen) atoms. The van der Waals surface area contributed by atoms with E-state index in [2.05, 4.69) is 5.43 Å². The van der Waals surface area contributed by atoms with Crippen LogP contribution >= 0.6 is 11.3 Å². The lowest BCUT2D eigenvalue weighted by molar-refractivity contribution is -0.119. The molecule has 2 amide bonds. The van der Waals surface area contributed by atoms with Crippen molar-refractivity contribution in [2.45, 2.75) is 26.4 Å². The van der Waals surface area contributed by atoms with Gasteiger partial charge in [0.15, 0.2) is 0 Å². The minimum atomic E-state index is -0.361. The van der Waals surface area contributed by atoms with Gasteiger partial charge in [-0.25, -0.2) is 5.84 Å². The van der Waals surface area contributed by atoms with Crippen molar-refractivity contribution in [1.29, 1.82) is 0 Å². The van der Waals surface area contributed by atoms with Crippen molar-refractivity contribution in [2.24, 2.45) is 11.6 Å². The van der Waals surface area contributed by atoms with Crippen molar-refractivity contribution >= 4 is 23.2 Å². The minimum absolute atomic E-state index is 0.200. The number of rotatable bonds is 6. The van der Waals surface area contributed by atoms with Crippen molar-refractivity contribution in [2.75, 3.05) is 6.54 Å². The van der Waals surface area contributed by atoms with Gasteiger partial charge in [0.1, 0.15) is 0 Å². The highest BCUT2D eigenvalue weighted by molar-refractivity contribution is 7.14. The molecule has 0 bridgehead atoms. The van der Waals surface area contributed by atoms with Gasteiger partial charge in [-0.1, -0.05) is 0 Å². The molecule has 0 aliphatic heterocycles. The second-order valence-corrected chi connectivity index (χ2v) is 5.37. The van der Waals surface area contributed by atoms with Gasteiger partial charge >= 0.3 is 0 Å². The maximum atomic E-state index is 11.3. The van der Waals surface area contributed by atoms with Crippen LogP contribution in [0.1, 0.15) is 28.4 Å². The van der Waals surface area contributed by atoms with Gasteiger partial charge in [-0.05, 0) is 26.0 Å². The highest BCUT2D eigenvalue weighted by Gasteiger charge is 2.15. The topological polar surface area (TPSA) is 101 Å². The third-order valence-electron chi connectivity index (χ3n) is 2.46. The van der Waals surface area contributed by atoms with E-state index in [9.17, 15) is 9.59 Å². The number of nitrogens with two attached hydrogens (primary N) is 2. The van der Waals surface area contributed by atoms with Gasteiger partial charge in [-0.2, -0.15) is 0 Å². The van der Waals surface area contributed by atoms with Crippen LogP contribution in [0.4, 0.5) is 0 Å². The van der Waals surface area contributed by atoms with Crippen LogP contribution in [0.5, 0.6) is 0 Å². The summed E-state index contributed by atoms with van der Waals surface area (Å²) in [4.78, 5) is 25.8. The lowest BCUT2D eigenvalue weighted by Gasteiger charge is -2.24. The van der Waals surface area contributed by atoms with Gasteiger partial charge in [0.25, 0.3) is 5.91 Å². The molecule has 0 saturated carbocycles. The number of carbonyl (C=O) groups is 2. The summed E-state index contributed by atoms with van der Waals surface area (Å²) >= 11 is 1.35. The molecule has 0 aliphatic carbocycles. The number of primary amides is 1. The third-order valence-corrected chi connectivity index (χ3v) is 3.53. The Labute approximate surface area is 110 Å². The summed E-state index contributed by atoms with van der Waals surface area (Å²) in [7, 11) is 0. The van der Waals surface area contributed by atoms with Crippen molar-refractivity contribution in [3.05, 3.63) is 21.9 Å². The Kier molecular flexibility index (Phi) is 5.26. The van der Waals surface area contributed by atoms with Crippen LogP contribution < -0.4 is 17.0 Å². The molecule has 1 aromatic rings. The molecule has 100 valence electrons. The number of hydrogen-bond acceptors (Lipinski definition) is 5. The molecule has 1 aromatic heterocycles. The maximum Gasteiger partial charge on any atom is 0.275 e. The van der Waals surface area contributed by atoms with Crippen LogP contribution in [-0.2, 0) is 11.3 Å². The fourth-order valence-electron chi connectivity index (χ4n) is 1.48. The minimum Gasteiger partial charge on any atom is -0.369 e. The predicted molar refractivity (Wildman–Crippen MR) is 70.7 cm³/mol. The molecule has 7 heteroatoms. The third kappa shape index (κ3) is 4.10. The first kappa shape index (κ1) is 14.6. The summed E-state index contributed by atoms with van der Waals surface area (Å²) in [5.41, 5.74) is 7.29. The zero-order valence-electron chi connectivity index (χ0n) is 10.5. The first-order valence-corrected chi connectivity index (χ1v) is 6.37. The molecule has 0 fully saturated rings. The van der Waals surface area contributed by atoms with Crippen LogP contribution in [0.3, 0.4) is 0 Å². The Morgan fingerprint density at radius 1 is 1.44 bits per heavy atom. The molecular weight excluding hydrogens is 252 g/mol. The average Bonchev–Trinajstić information content (AvgIpc) is 2.75. The van der Waals surface area contributed by atoms with E-state index in [1.54, 1.807) is 6.07 Å². The quantitative estimate of drug-likeness (QED) is 0.386. The van der Waals surface area contributed by atoms with E-state index in [0.717, 1.165) is 4.88 Å². The lowest BCUT2D eigenvalue weighted by atomic mass is 10.3. The van der Waals surface area contributed by atoms with Gasteiger partial charge < -0.3 is 5.73 Å². The number of hydrogen-bond donors (Lipinski definition) is 3. The average molecular weight is 270 g/mol. The highest BCUT2D eigenvalue weighted by Crippen LogP contribution is 2.19. The van der Waals surface area contributed by atoms with E-state index in [4.69, 9.17) is 11.6 Å². The zero-order valence-corrected chi connectivity index (χ0v) is 11.3. The number of amides is 2. The SMILES string of the molecule is CC(C)N(CC(N)=O)Cc1ccc(C(=O)NN)s1. The van der Waals surface area contributed by atoms with E-state index in [-0.39, 0.29) is 24.4 Å². The number of nitrogens with one attached hydrogen (secondary N) is 1. The molecule has 1 rings (SSSR count). The number of thiophene rings is 1. The summed E-state index contributed by atoms with van der Waals surface area (Å²) < 4.78 is 0. The second kappa shape index (κ2) is 6.48. The van der Waals surface area contributed by atoms with E-state index < -0.39 is 0 Å². The van der Waals surface area contributed by atoms with E-state index in [1.165, 1.54) is 11.3 Å².